The predicted molar refractivity (Wildman–Crippen MR) is 241 cm³/mol. The number of hydrogen-bond donors (Lipinski definition) is 1. The average molecular weight is 814 g/mol. The number of likely N-dealkylation sites (tertiary alicyclic amines) is 3. The minimum atomic E-state index is 0.405. The Morgan fingerprint density at radius 3 is 2.03 bits per heavy atom. The van der Waals surface area contributed by atoms with Crippen molar-refractivity contribution in [3.05, 3.63) is 83.1 Å². The lowest BCUT2D eigenvalue weighted by Gasteiger charge is -2.38. The van der Waals surface area contributed by atoms with E-state index in [1.165, 1.54) is 90.8 Å². The van der Waals surface area contributed by atoms with Crippen LogP contribution in [0.1, 0.15) is 91.0 Å². The largest absolute Gasteiger partial charge is 0.489 e. The van der Waals surface area contributed by atoms with Gasteiger partial charge in [0, 0.05) is 98.1 Å². The summed E-state index contributed by atoms with van der Waals surface area (Å²) >= 11 is 0. The number of furan rings is 1. The van der Waals surface area contributed by atoms with Gasteiger partial charge in [-0.2, -0.15) is 0 Å². The molecule has 4 aromatic heterocycles. The van der Waals surface area contributed by atoms with Crippen LogP contribution >= 0.6 is 0 Å². The van der Waals surface area contributed by atoms with Crippen molar-refractivity contribution in [3.63, 3.8) is 0 Å². The molecule has 0 amide bonds. The van der Waals surface area contributed by atoms with Gasteiger partial charge in [0.25, 0.3) is 0 Å². The van der Waals surface area contributed by atoms with Gasteiger partial charge in [0.2, 0.25) is 5.88 Å². The molecule has 3 fully saturated rings. The summed E-state index contributed by atoms with van der Waals surface area (Å²) < 4.78 is 17.9. The summed E-state index contributed by atoms with van der Waals surface area (Å²) in [5.41, 5.74) is 12.2. The van der Waals surface area contributed by atoms with Crippen molar-refractivity contribution in [2.75, 3.05) is 103 Å². The van der Waals surface area contributed by atoms with Crippen LogP contribution in [-0.2, 0) is 6.42 Å². The number of nitrogens with one attached hydrogen (secondary N) is 1. The number of ether oxygens (including phenoxy) is 2. The third-order valence-electron chi connectivity index (χ3n) is 13.6. The summed E-state index contributed by atoms with van der Waals surface area (Å²) in [6, 6.07) is 11.8. The Labute approximate surface area is 355 Å². The van der Waals surface area contributed by atoms with E-state index in [9.17, 15) is 0 Å². The fourth-order valence-electron chi connectivity index (χ4n) is 10.4. The number of pyridine rings is 3. The van der Waals surface area contributed by atoms with Crippen molar-refractivity contribution in [1.29, 1.82) is 0 Å². The van der Waals surface area contributed by atoms with Crippen molar-refractivity contribution >= 4 is 28.0 Å². The number of hydrogen-bond acceptors (Lipinski definition) is 12. The third-order valence-corrected chi connectivity index (χ3v) is 13.6. The monoisotopic (exact) mass is 814 g/mol. The molecule has 5 aromatic rings. The first-order chi connectivity index (χ1) is 29.3. The van der Waals surface area contributed by atoms with E-state index in [4.69, 9.17) is 13.9 Å². The highest BCUT2D eigenvalue weighted by molar-refractivity contribution is 5.85. The molecule has 0 saturated carbocycles. The van der Waals surface area contributed by atoms with Gasteiger partial charge in [-0.3, -0.25) is 24.7 Å². The summed E-state index contributed by atoms with van der Waals surface area (Å²) in [5, 5.41) is 4.48. The first-order valence-electron chi connectivity index (χ1n) is 22.3. The summed E-state index contributed by atoms with van der Waals surface area (Å²) in [5.74, 6) is 2.74. The standard InChI is InChI=1S/C21H22N2O2.C15H24N4.C12H17N3O/c1-23-10-4-8-17(23)16-13-22-21-15(7-5-11-24-21)20(16)19-12-14-6-2-3-9-18(14)25-19;1-11-14-15(19(4)9-8-18(14)3)12(10-16-11)13-6-5-7-17(13)2;1-15-5-2-3-11(15)9-7-13-8-10-12(9)16-6-4-14-10/h2-3,6,9,12-13,17H,4-5,7-8,10-11H2,1H3;10,13H,5-9H2,1-4H3;7-8,11,14H,2-6H2,1H3/t17-;13-;11-/m000/s1. The Balaban J connectivity index is 0.000000119. The van der Waals surface area contributed by atoms with E-state index in [1.807, 2.05) is 30.7 Å². The minimum absolute atomic E-state index is 0.405. The van der Waals surface area contributed by atoms with Crippen LogP contribution in [0, 0.1) is 6.92 Å². The van der Waals surface area contributed by atoms with Crippen molar-refractivity contribution in [2.24, 2.45) is 0 Å². The molecule has 0 radical (unpaired) electrons. The molecule has 1 aromatic carbocycles. The number of fused-ring (bicyclic) bond motifs is 4. The molecule has 3 atom stereocenters. The molecule has 318 valence electrons. The molecule has 0 spiro atoms. The van der Waals surface area contributed by atoms with E-state index in [0.29, 0.717) is 18.1 Å². The minimum Gasteiger partial charge on any atom is -0.489 e. The van der Waals surface area contributed by atoms with Gasteiger partial charge in [0.15, 0.2) is 0 Å². The summed E-state index contributed by atoms with van der Waals surface area (Å²) in [6.45, 7) is 10.2. The highest BCUT2D eigenvalue weighted by atomic mass is 16.5. The second kappa shape index (κ2) is 17.6. The van der Waals surface area contributed by atoms with Gasteiger partial charge in [0.05, 0.1) is 35.6 Å². The number of nitrogens with zero attached hydrogens (tertiary/aromatic N) is 8. The van der Waals surface area contributed by atoms with Gasteiger partial charge in [-0.25, -0.2) is 4.98 Å². The number of likely N-dealkylation sites (N-methyl/N-ethyl adjacent to an activating group) is 2. The van der Waals surface area contributed by atoms with E-state index < -0.39 is 0 Å². The van der Waals surface area contributed by atoms with E-state index in [1.54, 1.807) is 0 Å². The number of aromatic nitrogens is 3. The van der Waals surface area contributed by atoms with E-state index in [2.05, 4.69) is 111 Å². The van der Waals surface area contributed by atoms with Gasteiger partial charge >= 0.3 is 0 Å². The Morgan fingerprint density at radius 1 is 0.667 bits per heavy atom. The van der Waals surface area contributed by atoms with Gasteiger partial charge in [0.1, 0.15) is 23.7 Å². The van der Waals surface area contributed by atoms with Gasteiger partial charge in [-0.05, 0) is 117 Å². The van der Waals surface area contributed by atoms with E-state index >= 15 is 0 Å². The number of aryl methyl sites for hydroxylation is 1. The molecule has 12 nitrogen and oxygen atoms in total. The molecule has 0 unspecified atom stereocenters. The number of benzene rings is 1. The molecule has 11 rings (SSSR count). The zero-order valence-electron chi connectivity index (χ0n) is 36.5. The number of anilines is 3. The molecule has 3 saturated heterocycles. The van der Waals surface area contributed by atoms with E-state index in [0.717, 1.165) is 92.0 Å². The molecule has 10 heterocycles. The Kier molecular flexibility index (Phi) is 11.9. The Morgan fingerprint density at radius 2 is 1.33 bits per heavy atom. The molecular weight excluding hydrogens is 751 g/mol. The topological polar surface area (TPSA) is 98.5 Å². The molecule has 0 bridgehead atoms. The lowest BCUT2D eigenvalue weighted by Crippen LogP contribution is -2.38. The maximum absolute atomic E-state index is 6.25. The van der Waals surface area contributed by atoms with Gasteiger partial charge in [-0.1, -0.05) is 18.2 Å². The van der Waals surface area contributed by atoms with Crippen LogP contribution in [0.4, 0.5) is 17.1 Å². The fourth-order valence-corrected chi connectivity index (χ4v) is 10.4. The quantitative estimate of drug-likeness (QED) is 0.189. The first kappa shape index (κ1) is 40.5. The number of para-hydroxylation sites is 1. The second-order valence-electron chi connectivity index (χ2n) is 17.6. The first-order valence-corrected chi connectivity index (χ1v) is 22.3. The average Bonchev–Trinajstić information content (AvgIpc) is 4.10. The van der Waals surface area contributed by atoms with Gasteiger partial charge in [-0.15, -0.1) is 0 Å². The summed E-state index contributed by atoms with van der Waals surface area (Å²) in [6.07, 6.45) is 17.4. The predicted octanol–water partition coefficient (Wildman–Crippen LogP) is 8.28. The Bertz CT molecular complexity index is 2260. The third kappa shape index (κ3) is 7.89. The molecular formula is C48H63N9O3. The van der Waals surface area contributed by atoms with Gasteiger partial charge < -0.3 is 29.0 Å². The molecule has 6 aliphatic rings. The van der Waals surface area contributed by atoms with Crippen molar-refractivity contribution in [3.8, 4) is 23.0 Å². The van der Waals surface area contributed by atoms with Crippen molar-refractivity contribution in [1.82, 2.24) is 29.7 Å². The smallest absolute Gasteiger partial charge is 0.217 e. The Hall–Kier alpha value is -4.91. The zero-order valence-corrected chi connectivity index (χ0v) is 36.5. The highest BCUT2D eigenvalue weighted by Crippen LogP contribution is 2.45. The molecule has 0 aliphatic carbocycles. The van der Waals surface area contributed by atoms with E-state index in [-0.39, 0.29) is 0 Å². The van der Waals surface area contributed by atoms with Crippen LogP contribution in [-0.4, -0.2) is 117 Å². The maximum atomic E-state index is 6.25. The molecule has 1 N–H and O–H groups in total. The zero-order chi connectivity index (χ0) is 41.3. The van der Waals surface area contributed by atoms with Crippen LogP contribution in [0.15, 0.2) is 59.5 Å². The van der Waals surface area contributed by atoms with Crippen LogP contribution in [0.25, 0.3) is 22.3 Å². The van der Waals surface area contributed by atoms with Crippen LogP contribution < -0.4 is 24.6 Å². The normalized spacial score (nSPS) is 22.7. The lowest BCUT2D eigenvalue weighted by molar-refractivity contribution is 0.274. The summed E-state index contributed by atoms with van der Waals surface area (Å²) in [7, 11) is 11.0. The number of rotatable bonds is 4. The molecule has 12 heteroatoms. The van der Waals surface area contributed by atoms with Crippen LogP contribution in [0.2, 0.25) is 0 Å². The van der Waals surface area contributed by atoms with Crippen molar-refractivity contribution in [2.45, 2.75) is 76.4 Å². The lowest BCUT2D eigenvalue weighted by atomic mass is 9.92. The fraction of sp³-hybridized carbons (Fsp3) is 0.521. The van der Waals surface area contributed by atoms with Crippen molar-refractivity contribution < 1.29 is 13.9 Å². The second-order valence-corrected chi connectivity index (χ2v) is 17.6. The van der Waals surface area contributed by atoms with Crippen LogP contribution in [0.3, 0.4) is 0 Å². The molecule has 60 heavy (non-hydrogen) atoms. The maximum Gasteiger partial charge on any atom is 0.217 e. The SMILES string of the molecule is CN1CCC[C@H]1c1cnc2c(c1-c1cc3ccccc3o1)CCCO2.CN1CCC[C@H]1c1cncc2c1OCCN2.Cc1ncc([C@@H]2CCCN2C)c2c1N(C)CCN2C. The van der Waals surface area contributed by atoms with Crippen LogP contribution in [0.5, 0.6) is 11.6 Å². The highest BCUT2D eigenvalue weighted by Gasteiger charge is 2.33. The summed E-state index contributed by atoms with van der Waals surface area (Å²) in [4.78, 5) is 25.7. The molecule has 6 aliphatic heterocycles.